The molecule has 0 atom stereocenters. The molecule has 13 N–H and O–H groups in total. The van der Waals surface area contributed by atoms with E-state index in [1.165, 1.54) is 0 Å². The number of aliphatic carboxylic acids is 4. The summed E-state index contributed by atoms with van der Waals surface area (Å²) in [5, 5.41) is 120. The number of aliphatic hydroxyl groups is 4. The molecule has 0 amide bonds. The van der Waals surface area contributed by atoms with E-state index in [9.17, 15) is 44.7 Å². The minimum Gasteiger partial charge on any atom is -0.508 e. The highest BCUT2D eigenvalue weighted by Gasteiger charge is 2.31. The average Bonchev–Trinajstić information content (AvgIpc) is 0.807. The third-order valence-electron chi connectivity index (χ3n) is 15.4. The summed E-state index contributed by atoms with van der Waals surface area (Å²) in [6.07, 6.45) is 13.2. The van der Waals surface area contributed by atoms with Crippen LogP contribution in [0.4, 0.5) is 0 Å². The summed E-state index contributed by atoms with van der Waals surface area (Å²) in [6.45, 7) is 50.6. The van der Waals surface area contributed by atoms with E-state index in [0.29, 0.717) is 28.7 Å². The van der Waals surface area contributed by atoms with E-state index in [4.69, 9.17) is 40.9 Å². The Morgan fingerprint density at radius 2 is 0.495 bits per heavy atom. The van der Waals surface area contributed by atoms with Gasteiger partial charge in [0.15, 0.2) is 0 Å². The number of hydrogen-bond acceptors (Lipinski definition) is 13. The van der Waals surface area contributed by atoms with E-state index in [-0.39, 0.29) is 43.3 Å². The predicted molar refractivity (Wildman–Crippen MR) is 401 cm³/mol. The zero-order chi connectivity index (χ0) is 77.6. The van der Waals surface area contributed by atoms with Crippen molar-refractivity contribution in [1.29, 1.82) is 0 Å². The van der Waals surface area contributed by atoms with Crippen molar-refractivity contribution in [3.05, 3.63) is 182 Å². The molecule has 0 unspecified atom stereocenters. The molecule has 5 rings (SSSR count). The molecule has 5 aromatic carbocycles. The number of carboxylic acids is 4. The van der Waals surface area contributed by atoms with Crippen LogP contribution in [0, 0.1) is 5.41 Å². The van der Waals surface area contributed by atoms with Crippen molar-refractivity contribution < 1.29 is 85.6 Å². The maximum absolute atomic E-state index is 10.7. The Kier molecular flexibility index (Phi) is 33.9. The zero-order valence-corrected chi connectivity index (χ0v) is 63.3. The second kappa shape index (κ2) is 37.1. The van der Waals surface area contributed by atoms with Gasteiger partial charge in [0.25, 0.3) is 0 Å². The zero-order valence-electron chi connectivity index (χ0n) is 63.3. The van der Waals surface area contributed by atoms with E-state index in [0.717, 1.165) is 103 Å². The second-order valence-electron chi connectivity index (χ2n) is 32.8. The maximum atomic E-state index is 10.7. The molecular formula is C82H118O17. The normalized spacial score (nSPS) is 12.4. The highest BCUT2D eigenvalue weighted by molar-refractivity contribution is 5.87. The molecule has 0 radical (unpaired) electrons. The van der Waals surface area contributed by atoms with E-state index in [1.54, 1.807) is 36.4 Å². The van der Waals surface area contributed by atoms with Gasteiger partial charge in [0.05, 0.1) is 31.8 Å². The van der Waals surface area contributed by atoms with Gasteiger partial charge < -0.3 is 66.4 Å². The first-order chi connectivity index (χ1) is 44.8. The predicted octanol–water partition coefficient (Wildman–Crippen LogP) is 16.4. The lowest BCUT2D eigenvalue weighted by molar-refractivity contribution is -0.132. The highest BCUT2D eigenvalue weighted by atomic mass is 16.4. The Bertz CT molecular complexity index is 3060. The SMILES string of the molecule is C=CCc1ccccc1O.CC(C)(C)c1cc(/C=C/C(=O)O)cc(C(C)(C)C)c1O.CC(C)(C)c1cc(/C=C/C(=O)O)cc(C(C)(C)C)c1O.CC(C)(C)c1cc(/C=C/C(=O)O)cc(C(C)(C)C)c1O.CC(C)(C)c1cc(/C=C/C(=O)O)cc(C(C)(C)C)c1O.OCC(CO)(CO)CO. The van der Waals surface area contributed by atoms with Crippen LogP contribution in [-0.4, -0.2) is 117 Å². The van der Waals surface area contributed by atoms with Gasteiger partial charge in [0.1, 0.15) is 28.7 Å². The summed E-state index contributed by atoms with van der Waals surface area (Å²) >= 11 is 0. The average molecular weight is 1380 g/mol. The topological polar surface area (TPSA) is 331 Å². The van der Waals surface area contributed by atoms with Gasteiger partial charge in [-0.15, -0.1) is 6.58 Å². The Labute approximate surface area is 589 Å². The van der Waals surface area contributed by atoms with Gasteiger partial charge in [-0.3, -0.25) is 0 Å². The molecule has 17 heteroatoms. The van der Waals surface area contributed by atoms with Crippen molar-refractivity contribution in [2.45, 2.75) is 216 Å². The molecule has 0 saturated heterocycles. The number of phenolic OH excluding ortho intramolecular Hbond substituents is 5. The highest BCUT2D eigenvalue weighted by Crippen LogP contribution is 2.44. The van der Waals surface area contributed by atoms with Crippen molar-refractivity contribution >= 4 is 48.2 Å². The number of hydrogen-bond donors (Lipinski definition) is 13. The number of carboxylic acid groups (broad SMARTS) is 4. The number of aromatic hydroxyl groups is 5. The lowest BCUT2D eigenvalue weighted by atomic mass is 9.78. The molecule has 17 nitrogen and oxygen atoms in total. The van der Waals surface area contributed by atoms with Crippen molar-refractivity contribution in [2.75, 3.05) is 26.4 Å². The Balaban J connectivity index is 0.00000119. The van der Waals surface area contributed by atoms with E-state index < -0.39 is 55.7 Å². The number of carbonyl (C=O) groups is 4. The summed E-state index contributed by atoms with van der Waals surface area (Å²) in [5.74, 6) is -2.35. The molecular weight excluding hydrogens is 1260 g/mol. The fraction of sp³-hybridized carbons (Fsp3) is 0.463. The summed E-state index contributed by atoms with van der Waals surface area (Å²) in [4.78, 5) is 42.7. The molecule has 0 saturated carbocycles. The van der Waals surface area contributed by atoms with Gasteiger partial charge in [-0.2, -0.15) is 0 Å². The van der Waals surface area contributed by atoms with Crippen molar-refractivity contribution in [3.63, 3.8) is 0 Å². The fourth-order valence-electron chi connectivity index (χ4n) is 9.39. The number of para-hydroxylation sites is 1. The van der Waals surface area contributed by atoms with Crippen molar-refractivity contribution in [3.8, 4) is 28.7 Å². The van der Waals surface area contributed by atoms with Gasteiger partial charge in [-0.05, 0) is 156 Å². The largest absolute Gasteiger partial charge is 0.508 e. The molecule has 99 heavy (non-hydrogen) atoms. The van der Waals surface area contributed by atoms with Crippen LogP contribution < -0.4 is 0 Å². The summed E-state index contributed by atoms with van der Waals surface area (Å²) in [6, 6.07) is 22.1. The fourth-order valence-corrected chi connectivity index (χ4v) is 9.39. The quantitative estimate of drug-likeness (QED) is 0.0363. The van der Waals surface area contributed by atoms with Crippen LogP contribution in [0.2, 0.25) is 0 Å². The molecule has 0 aliphatic heterocycles. The van der Waals surface area contributed by atoms with Gasteiger partial charge in [0, 0.05) is 68.8 Å². The summed E-state index contributed by atoms with van der Waals surface area (Å²) in [7, 11) is 0. The molecule has 0 heterocycles. The van der Waals surface area contributed by atoms with Crippen LogP contribution in [0.15, 0.2) is 110 Å². The van der Waals surface area contributed by atoms with Gasteiger partial charge in [0.2, 0.25) is 0 Å². The maximum Gasteiger partial charge on any atom is 0.328 e. The number of aliphatic hydroxyl groups excluding tert-OH is 4. The van der Waals surface area contributed by atoms with Crippen LogP contribution >= 0.6 is 0 Å². The third kappa shape index (κ3) is 30.7. The standard InChI is InChI=1S/4C17H24O3.C9H10O.C5H12O4/c4*1-16(2,3)12-9-11(7-8-14(18)19)10-13(15(12)20)17(4,5)6;1-2-5-8-6-3-4-7-9(8)10;6-1-5(2-7,3-8)4-9/h4*7-10,20H,1-6H3,(H,18,19);2-4,6-7,10H,1,5H2;6-9H,1-4H2/b4*8-7+;;. The molecule has 548 valence electrons. The Hall–Kier alpha value is -8.48. The van der Waals surface area contributed by atoms with E-state index in [2.05, 4.69) is 6.58 Å². The van der Waals surface area contributed by atoms with Crippen molar-refractivity contribution in [2.24, 2.45) is 5.41 Å². The Morgan fingerprint density at radius 1 is 0.323 bits per heavy atom. The molecule has 0 fully saturated rings. The molecule has 5 aromatic rings. The lowest BCUT2D eigenvalue weighted by Gasteiger charge is -2.27. The van der Waals surface area contributed by atoms with Crippen LogP contribution in [0.25, 0.3) is 24.3 Å². The monoisotopic (exact) mass is 1370 g/mol. The van der Waals surface area contributed by atoms with Gasteiger partial charge in [-0.25, -0.2) is 19.2 Å². The molecule has 0 aromatic heterocycles. The summed E-state index contributed by atoms with van der Waals surface area (Å²) < 4.78 is 0. The van der Waals surface area contributed by atoms with E-state index in [1.807, 2.05) is 233 Å². The van der Waals surface area contributed by atoms with Crippen LogP contribution in [0.3, 0.4) is 0 Å². The number of phenols is 5. The first-order valence-electron chi connectivity index (χ1n) is 32.8. The van der Waals surface area contributed by atoms with Gasteiger partial charge in [-0.1, -0.05) is 190 Å². The first kappa shape index (κ1) is 90.5. The minimum absolute atomic E-state index is 0.211. The molecule has 0 spiro atoms. The third-order valence-corrected chi connectivity index (χ3v) is 15.4. The van der Waals surface area contributed by atoms with Crippen molar-refractivity contribution in [1.82, 2.24) is 0 Å². The van der Waals surface area contributed by atoms with Crippen LogP contribution in [-0.2, 0) is 68.9 Å². The minimum atomic E-state index is -1.11. The van der Waals surface area contributed by atoms with Crippen LogP contribution in [0.5, 0.6) is 28.7 Å². The summed E-state index contributed by atoms with van der Waals surface area (Å²) in [5.41, 5.74) is 7.92. The number of rotatable bonds is 14. The number of allylic oxidation sites excluding steroid dienone is 1. The smallest absolute Gasteiger partial charge is 0.328 e. The van der Waals surface area contributed by atoms with E-state index >= 15 is 0 Å². The Morgan fingerprint density at radius 3 is 0.616 bits per heavy atom. The first-order valence-corrected chi connectivity index (χ1v) is 32.8. The molecule has 0 aliphatic carbocycles. The van der Waals surface area contributed by atoms with Crippen LogP contribution in [0.1, 0.15) is 238 Å². The molecule has 0 bridgehead atoms. The van der Waals surface area contributed by atoms with Gasteiger partial charge >= 0.3 is 23.9 Å². The molecule has 0 aliphatic rings. The second-order valence-corrected chi connectivity index (χ2v) is 32.8. The number of benzene rings is 5. The lowest BCUT2D eigenvalue weighted by Crippen LogP contribution is -2.37.